The van der Waals surface area contributed by atoms with Crippen molar-refractivity contribution in [3.05, 3.63) is 35.9 Å². The fraction of sp³-hybridized carbons (Fsp3) is 0.550. The minimum absolute atomic E-state index is 0.166. The van der Waals surface area contributed by atoms with Crippen molar-refractivity contribution in [3.8, 4) is 17.6 Å². The van der Waals surface area contributed by atoms with Crippen LogP contribution in [0, 0.1) is 11.3 Å². The molecule has 1 unspecified atom stereocenters. The summed E-state index contributed by atoms with van der Waals surface area (Å²) in [6, 6.07) is 6.35. The Morgan fingerprint density at radius 2 is 2.35 bits per heavy atom. The molecule has 6 heteroatoms. The molecule has 3 aliphatic heterocycles. The van der Waals surface area contributed by atoms with Crippen LogP contribution in [0.15, 0.2) is 24.8 Å². The van der Waals surface area contributed by atoms with E-state index < -0.39 is 10.9 Å². The number of phenolic OH excluding ortho intramolecular Hbond substituents is 1. The van der Waals surface area contributed by atoms with Gasteiger partial charge in [-0.25, -0.2) is 0 Å². The number of hydrogen-bond donors (Lipinski definition) is 2. The van der Waals surface area contributed by atoms with Crippen molar-refractivity contribution in [2.24, 2.45) is 0 Å². The number of nitriles is 1. The van der Waals surface area contributed by atoms with E-state index >= 15 is 0 Å². The number of rotatable bonds is 2. The SMILES string of the molecule is C=C[C@]12SC(C#N)[C@@](C)(OC)[C@@H]3Oc4c(O)ccc5c4[C@@]31CCN[C@@H]2C5. The number of nitrogens with one attached hydrogen (secondary N) is 1. The smallest absolute Gasteiger partial charge is 0.165 e. The fourth-order valence-corrected chi connectivity index (χ4v) is 7.77. The Balaban J connectivity index is 1.88. The molecule has 5 nitrogen and oxygen atoms in total. The van der Waals surface area contributed by atoms with Gasteiger partial charge in [0.2, 0.25) is 0 Å². The van der Waals surface area contributed by atoms with Crippen LogP contribution >= 0.6 is 11.8 Å². The van der Waals surface area contributed by atoms with Gasteiger partial charge in [-0.2, -0.15) is 5.26 Å². The second-order valence-electron chi connectivity index (χ2n) is 7.89. The Morgan fingerprint density at radius 1 is 1.54 bits per heavy atom. The molecule has 3 heterocycles. The number of hydrogen-bond acceptors (Lipinski definition) is 6. The van der Waals surface area contributed by atoms with E-state index in [4.69, 9.17) is 9.47 Å². The van der Waals surface area contributed by atoms with Gasteiger partial charge in [-0.05, 0) is 37.9 Å². The molecule has 2 bridgehead atoms. The first-order chi connectivity index (χ1) is 12.5. The summed E-state index contributed by atoms with van der Waals surface area (Å²) in [6.07, 6.45) is 3.36. The van der Waals surface area contributed by atoms with Crippen molar-refractivity contribution in [3.63, 3.8) is 0 Å². The number of thioether (sulfide) groups is 1. The van der Waals surface area contributed by atoms with Crippen LogP contribution in [-0.2, 0) is 16.6 Å². The summed E-state index contributed by atoms with van der Waals surface area (Å²) in [4.78, 5) is 0. The van der Waals surface area contributed by atoms with Crippen LogP contribution in [0.2, 0.25) is 0 Å². The van der Waals surface area contributed by atoms with Crippen molar-refractivity contribution in [1.29, 1.82) is 5.26 Å². The Morgan fingerprint density at radius 3 is 3.04 bits per heavy atom. The predicted octanol–water partition coefficient (Wildman–Crippen LogP) is 2.28. The quantitative estimate of drug-likeness (QED) is 0.778. The summed E-state index contributed by atoms with van der Waals surface area (Å²) in [7, 11) is 1.65. The number of methoxy groups -OCH3 is 1. The molecule has 0 aromatic heterocycles. The highest BCUT2D eigenvalue weighted by Crippen LogP contribution is 2.70. The molecule has 2 fully saturated rings. The molecule has 5 rings (SSSR count). The van der Waals surface area contributed by atoms with E-state index in [2.05, 4.69) is 18.0 Å². The highest BCUT2D eigenvalue weighted by atomic mass is 32.2. The van der Waals surface area contributed by atoms with Gasteiger partial charge in [-0.3, -0.25) is 0 Å². The topological polar surface area (TPSA) is 74.5 Å². The van der Waals surface area contributed by atoms with Crippen LogP contribution < -0.4 is 10.1 Å². The minimum atomic E-state index is -0.784. The summed E-state index contributed by atoms with van der Waals surface area (Å²) < 4.78 is 12.0. The molecule has 1 aliphatic carbocycles. The zero-order valence-corrected chi connectivity index (χ0v) is 15.7. The van der Waals surface area contributed by atoms with Crippen LogP contribution in [-0.4, -0.2) is 46.5 Å². The maximum Gasteiger partial charge on any atom is 0.165 e. The average molecular weight is 370 g/mol. The van der Waals surface area contributed by atoms with Crippen molar-refractivity contribution >= 4 is 11.8 Å². The molecular weight excluding hydrogens is 348 g/mol. The van der Waals surface area contributed by atoms with Crippen molar-refractivity contribution in [1.82, 2.24) is 5.32 Å². The van der Waals surface area contributed by atoms with Crippen LogP contribution in [0.5, 0.6) is 11.5 Å². The van der Waals surface area contributed by atoms with Gasteiger partial charge < -0.3 is 19.9 Å². The number of aromatic hydroxyl groups is 1. The van der Waals surface area contributed by atoms with Gasteiger partial charge in [0.05, 0.1) is 16.2 Å². The van der Waals surface area contributed by atoms with Gasteiger partial charge >= 0.3 is 0 Å². The predicted molar refractivity (Wildman–Crippen MR) is 99.6 cm³/mol. The summed E-state index contributed by atoms with van der Waals surface area (Å²) >= 11 is 1.66. The zero-order valence-electron chi connectivity index (χ0n) is 14.9. The van der Waals surface area contributed by atoms with Crippen LogP contribution in [0.25, 0.3) is 0 Å². The van der Waals surface area contributed by atoms with Crippen molar-refractivity contribution < 1.29 is 14.6 Å². The van der Waals surface area contributed by atoms with Gasteiger partial charge in [0.15, 0.2) is 11.5 Å². The van der Waals surface area contributed by atoms with Crippen LogP contribution in [0.3, 0.4) is 0 Å². The van der Waals surface area contributed by atoms with E-state index in [0.717, 1.165) is 24.9 Å². The summed E-state index contributed by atoms with van der Waals surface area (Å²) in [6.45, 7) is 7.04. The molecular formula is C20H22N2O3S. The summed E-state index contributed by atoms with van der Waals surface area (Å²) in [5.41, 5.74) is 1.17. The van der Waals surface area contributed by atoms with E-state index in [0.29, 0.717) is 5.75 Å². The highest BCUT2D eigenvalue weighted by molar-refractivity contribution is 8.02. The molecule has 136 valence electrons. The summed E-state index contributed by atoms with van der Waals surface area (Å²) in [5, 5.41) is 23.8. The molecule has 1 aromatic carbocycles. The van der Waals surface area contributed by atoms with Crippen molar-refractivity contribution in [2.75, 3.05) is 13.7 Å². The Labute approximate surface area is 157 Å². The zero-order chi connectivity index (χ0) is 18.3. The second-order valence-corrected chi connectivity index (χ2v) is 9.27. The molecule has 26 heavy (non-hydrogen) atoms. The standard InChI is InChI=1S/C20H22N2O3S/c1-4-20-13-9-11-5-6-12(23)16-15(11)19(20,7-8-22-13)17(25-16)18(2,24-3)14(10-21)26-20/h4-6,13-14,17,22-23H,1,7-9H2,2-3H3/t13-,14?,17+,18-,19+,20-/m1/s1. The number of ether oxygens (including phenoxy) is 2. The van der Waals surface area contributed by atoms with Gasteiger partial charge in [-0.1, -0.05) is 12.1 Å². The molecule has 4 aliphatic rings. The molecule has 1 aromatic rings. The van der Waals surface area contributed by atoms with Gasteiger partial charge in [-0.15, -0.1) is 18.3 Å². The number of benzene rings is 1. The third-order valence-corrected chi connectivity index (χ3v) is 9.13. The number of phenols is 1. The molecule has 0 radical (unpaired) electrons. The highest BCUT2D eigenvalue weighted by Gasteiger charge is 2.76. The molecule has 6 atom stereocenters. The van der Waals surface area contributed by atoms with Gasteiger partial charge in [0.25, 0.3) is 0 Å². The average Bonchev–Trinajstić information content (AvgIpc) is 3.00. The largest absolute Gasteiger partial charge is 0.504 e. The normalized spacial score (nSPS) is 44.6. The maximum atomic E-state index is 10.6. The van der Waals surface area contributed by atoms with Crippen LogP contribution in [0.4, 0.5) is 0 Å². The van der Waals surface area contributed by atoms with E-state index in [1.165, 1.54) is 5.56 Å². The first-order valence-corrected chi connectivity index (χ1v) is 9.88. The molecule has 2 N–H and O–H groups in total. The van der Waals surface area contributed by atoms with E-state index in [1.54, 1.807) is 24.9 Å². The Bertz CT molecular complexity index is 867. The molecule has 0 amide bonds. The van der Waals surface area contributed by atoms with E-state index in [1.807, 2.05) is 19.1 Å². The monoisotopic (exact) mass is 370 g/mol. The lowest BCUT2D eigenvalue weighted by atomic mass is 9.53. The lowest BCUT2D eigenvalue weighted by Gasteiger charge is -2.65. The fourth-order valence-electron chi connectivity index (χ4n) is 5.93. The number of piperidine rings is 1. The molecule has 2 saturated heterocycles. The van der Waals surface area contributed by atoms with Crippen LogP contribution in [0.1, 0.15) is 24.5 Å². The summed E-state index contributed by atoms with van der Waals surface area (Å²) in [5.74, 6) is 0.737. The van der Waals surface area contributed by atoms with Gasteiger partial charge in [0.1, 0.15) is 17.0 Å². The lowest BCUT2D eigenvalue weighted by Crippen LogP contribution is -2.78. The Kier molecular flexibility index (Phi) is 3.16. The number of nitrogens with zero attached hydrogens (tertiary/aromatic N) is 1. The third kappa shape index (κ3) is 1.50. The van der Waals surface area contributed by atoms with Crippen molar-refractivity contribution in [2.45, 2.75) is 52.9 Å². The first kappa shape index (κ1) is 16.5. The molecule has 0 saturated carbocycles. The second kappa shape index (κ2) is 4.98. The third-order valence-electron chi connectivity index (χ3n) is 7.12. The molecule has 1 spiro atoms. The minimum Gasteiger partial charge on any atom is -0.504 e. The first-order valence-electron chi connectivity index (χ1n) is 9.00. The maximum absolute atomic E-state index is 10.6. The van der Waals surface area contributed by atoms with E-state index in [-0.39, 0.29) is 28.1 Å². The lowest BCUT2D eigenvalue weighted by molar-refractivity contribution is -0.111. The van der Waals surface area contributed by atoms with E-state index in [9.17, 15) is 10.4 Å². The van der Waals surface area contributed by atoms with Gasteiger partial charge in [0, 0.05) is 18.7 Å². The Hall–Kier alpha value is -1.68.